The maximum absolute atomic E-state index is 9.59. The van der Waals surface area contributed by atoms with Gasteiger partial charge in [0.15, 0.2) is 0 Å². The van der Waals surface area contributed by atoms with Crippen LogP contribution in [-0.2, 0) is 16.4 Å². The molecule has 2 atom stereocenters. The van der Waals surface area contributed by atoms with Crippen molar-refractivity contribution < 1.29 is 16.4 Å². The molecule has 4 heteroatoms. The molecule has 0 saturated carbocycles. The number of halogens is 2. The fourth-order valence-electron chi connectivity index (χ4n) is 12.5. The molecule has 0 aromatic heterocycles. The van der Waals surface area contributed by atoms with E-state index in [9.17, 15) is 17.0 Å². The van der Waals surface area contributed by atoms with E-state index in [1.807, 2.05) is 0 Å². The number of hydrogen-bond donors (Lipinski definition) is 0. The molecule has 0 nitrogen and oxygen atoms in total. The van der Waals surface area contributed by atoms with Crippen LogP contribution < -0.4 is 13.6 Å². The van der Waals surface area contributed by atoms with Crippen LogP contribution in [0.15, 0.2) is 114 Å². The van der Waals surface area contributed by atoms with Gasteiger partial charge in [-0.25, -0.2) is 0 Å². The first-order valence-corrected chi connectivity index (χ1v) is 35.9. The summed E-state index contributed by atoms with van der Waals surface area (Å²) in [6, 6.07) is 40.3. The Hall–Kier alpha value is -3.52. The van der Waals surface area contributed by atoms with Crippen LogP contribution in [0.2, 0.25) is 0 Å². The van der Waals surface area contributed by atoms with Crippen molar-refractivity contribution in [2.75, 3.05) is 0 Å². The molecule has 0 bridgehead atoms. The van der Waals surface area contributed by atoms with Crippen molar-refractivity contribution in [1.82, 2.24) is 0 Å². The molecule has 2 unspecified atom stereocenters. The number of allylic oxidation sites excluding steroid dienone is 2. The van der Waals surface area contributed by atoms with Crippen LogP contribution in [0.25, 0.3) is 45.5 Å². The van der Waals surface area contributed by atoms with Crippen LogP contribution >= 0.6 is 17.0 Å². The van der Waals surface area contributed by atoms with Crippen LogP contribution in [0.4, 0.5) is 0 Å². The fraction of sp³-hybridized carbons (Fsp3) is 0.333. The Morgan fingerprint density at radius 2 is 0.953 bits per heavy atom. The summed E-state index contributed by atoms with van der Waals surface area (Å²) in [7, 11) is 18.3. The molecule has 0 N–H and O–H groups in total. The Morgan fingerprint density at radius 3 is 1.39 bits per heavy atom. The Balaban J connectivity index is 1.43. The summed E-state index contributed by atoms with van der Waals surface area (Å²) in [5.41, 5.74) is 24.2. The summed E-state index contributed by atoms with van der Waals surface area (Å²) < 4.78 is 1.09. The SMILES string of the molecule is Cc1cc(C)cc(-c2c(C(C)C)ccc3c2C=C(CC(C)C)[CH]3[Zr]([Cl])([Cl])([c]2cccc3c2[SiH2]c2ccccc2-3)[CH]2C(CC(C)C)=Cc3c2ccc(C(C)C)c3-c2cc(C)cc(C)c2)c1. The van der Waals surface area contributed by atoms with Gasteiger partial charge < -0.3 is 0 Å². The molecular formula is C60H67Cl2SiZr. The van der Waals surface area contributed by atoms with Gasteiger partial charge in [0, 0.05) is 0 Å². The third-order valence-electron chi connectivity index (χ3n) is 14.6. The number of fused-ring (bicyclic) bond motifs is 5. The Labute approximate surface area is 395 Å². The predicted molar refractivity (Wildman–Crippen MR) is 282 cm³/mol. The molecular weight excluding hydrogens is 911 g/mol. The second-order valence-electron chi connectivity index (χ2n) is 21.4. The number of hydrogen-bond acceptors (Lipinski definition) is 0. The van der Waals surface area contributed by atoms with Crippen LogP contribution in [0.1, 0.15) is 143 Å². The van der Waals surface area contributed by atoms with E-state index in [2.05, 4.69) is 198 Å². The van der Waals surface area contributed by atoms with Gasteiger partial charge in [-0.3, -0.25) is 0 Å². The van der Waals surface area contributed by atoms with Crippen LogP contribution in [0, 0.1) is 39.5 Å². The fourth-order valence-corrected chi connectivity index (χ4v) is 40.4. The molecule has 3 aliphatic rings. The van der Waals surface area contributed by atoms with E-state index >= 15 is 0 Å². The minimum atomic E-state index is -5.77. The zero-order chi connectivity index (χ0) is 45.6. The predicted octanol–water partition coefficient (Wildman–Crippen LogP) is 15.6. The molecule has 6 aromatic carbocycles. The normalized spacial score (nSPS) is 17.5. The molecule has 6 aromatic rings. The molecule has 64 heavy (non-hydrogen) atoms. The van der Waals surface area contributed by atoms with Crippen LogP contribution in [0.3, 0.4) is 0 Å². The molecule has 0 radical (unpaired) electrons. The average Bonchev–Trinajstić information content (AvgIpc) is 3.90. The number of benzene rings is 6. The van der Waals surface area contributed by atoms with Crippen molar-refractivity contribution in [3.63, 3.8) is 0 Å². The van der Waals surface area contributed by atoms with Crippen LogP contribution in [-0.4, -0.2) is 9.52 Å². The van der Waals surface area contributed by atoms with E-state index in [4.69, 9.17) is 0 Å². The zero-order valence-corrected chi connectivity index (χ0v) is 45.7. The van der Waals surface area contributed by atoms with E-state index < -0.39 is 25.9 Å². The third kappa shape index (κ3) is 7.60. The maximum atomic E-state index is 9.59. The van der Waals surface area contributed by atoms with E-state index in [1.165, 1.54) is 114 Å². The first kappa shape index (κ1) is 45.6. The standard InChI is InChI=1S/2C24H29.C12H9Si.2ClH.Zr/c2*1-15(2)9-19-13-20-7-8-22(16(3)4)24(23(20)14-19)21-11-17(5)10-18(6)12-21;1-3-7-11-9(5-1)10-6-2-4-8-12(10)13-11;;;/h2*7-8,10-16H,9H2,1-6H3;1-7H,13H2;2*1H;/q;;;;;+2/p-2. The summed E-state index contributed by atoms with van der Waals surface area (Å²) in [5.74, 6) is 1.55. The van der Waals surface area contributed by atoms with Gasteiger partial charge in [-0.1, -0.05) is 0 Å². The van der Waals surface area contributed by atoms with Crippen LogP contribution in [0.5, 0.6) is 0 Å². The summed E-state index contributed by atoms with van der Waals surface area (Å²) in [4.78, 5) is 0. The Morgan fingerprint density at radius 1 is 0.516 bits per heavy atom. The van der Waals surface area contributed by atoms with Crippen molar-refractivity contribution in [3.8, 4) is 33.4 Å². The summed E-state index contributed by atoms with van der Waals surface area (Å²) in [6.45, 7) is 27.8. The van der Waals surface area contributed by atoms with E-state index in [1.54, 1.807) is 0 Å². The quantitative estimate of drug-likeness (QED) is 0.113. The van der Waals surface area contributed by atoms with Gasteiger partial charge in [0.2, 0.25) is 0 Å². The second-order valence-corrected chi connectivity index (χ2v) is 43.9. The van der Waals surface area contributed by atoms with Gasteiger partial charge in [-0.15, -0.1) is 0 Å². The molecule has 329 valence electrons. The summed E-state index contributed by atoms with van der Waals surface area (Å²) in [5, 5.41) is 2.98. The molecule has 0 spiro atoms. The average molecular weight is 978 g/mol. The molecule has 0 fully saturated rings. The topological polar surface area (TPSA) is 0 Å². The first-order valence-electron chi connectivity index (χ1n) is 24.0. The van der Waals surface area contributed by atoms with E-state index in [0.717, 1.165) is 12.8 Å². The molecule has 0 amide bonds. The van der Waals surface area contributed by atoms with Gasteiger partial charge in [0.05, 0.1) is 0 Å². The van der Waals surface area contributed by atoms with Gasteiger partial charge in [0.25, 0.3) is 0 Å². The van der Waals surface area contributed by atoms with Crippen molar-refractivity contribution in [2.24, 2.45) is 11.8 Å². The number of rotatable bonds is 11. The third-order valence-corrected chi connectivity index (χ3v) is 37.4. The minimum absolute atomic E-state index is 0.113. The summed E-state index contributed by atoms with van der Waals surface area (Å²) in [6.07, 6.45) is 7.08. The Bertz CT molecular complexity index is 2740. The van der Waals surface area contributed by atoms with Gasteiger partial charge in [0.1, 0.15) is 0 Å². The summed E-state index contributed by atoms with van der Waals surface area (Å²) >= 11 is -5.77. The van der Waals surface area contributed by atoms with E-state index in [-0.39, 0.29) is 7.25 Å². The number of aryl methyl sites for hydroxylation is 4. The van der Waals surface area contributed by atoms with Crippen molar-refractivity contribution >= 4 is 52.3 Å². The molecule has 0 saturated heterocycles. The van der Waals surface area contributed by atoms with Crippen molar-refractivity contribution in [3.05, 3.63) is 170 Å². The van der Waals surface area contributed by atoms with Crippen molar-refractivity contribution in [2.45, 2.75) is 115 Å². The first-order chi connectivity index (χ1) is 30.3. The van der Waals surface area contributed by atoms with Gasteiger partial charge >= 0.3 is 399 Å². The zero-order valence-electron chi connectivity index (χ0n) is 40.3. The van der Waals surface area contributed by atoms with Crippen molar-refractivity contribution in [1.29, 1.82) is 0 Å². The molecule has 1 heterocycles. The van der Waals surface area contributed by atoms with E-state index in [0.29, 0.717) is 23.7 Å². The van der Waals surface area contributed by atoms with Gasteiger partial charge in [-0.2, -0.15) is 0 Å². The monoisotopic (exact) mass is 975 g/mol. The molecule has 2 aliphatic carbocycles. The second kappa shape index (κ2) is 17.0. The van der Waals surface area contributed by atoms with Gasteiger partial charge in [-0.05, 0) is 0 Å². The molecule has 1 aliphatic heterocycles. The Kier molecular flexibility index (Phi) is 12.1. The molecule has 9 rings (SSSR count).